The first-order valence-electron chi connectivity index (χ1n) is 39.9. The number of esters is 4. The lowest BCUT2D eigenvalue weighted by Gasteiger charge is -2.21. The Morgan fingerprint density at radius 1 is 0.286 bits per heavy atom. The van der Waals surface area contributed by atoms with Gasteiger partial charge in [0.2, 0.25) is 0 Å². The van der Waals surface area contributed by atoms with Gasteiger partial charge in [-0.1, -0.05) is 288 Å². The van der Waals surface area contributed by atoms with Crippen LogP contribution >= 0.6 is 15.6 Å². The topological polar surface area (TPSA) is 237 Å². The highest BCUT2D eigenvalue weighted by Crippen LogP contribution is 2.45. The van der Waals surface area contributed by atoms with Gasteiger partial charge < -0.3 is 33.8 Å². The molecule has 0 saturated carbocycles. The lowest BCUT2D eigenvalue weighted by Crippen LogP contribution is -2.30. The number of phosphoric acid groups is 2. The lowest BCUT2D eigenvalue weighted by atomic mass is 10.0. The summed E-state index contributed by atoms with van der Waals surface area (Å²) in [6, 6.07) is 0. The highest BCUT2D eigenvalue weighted by Gasteiger charge is 2.30. The number of hydrogen-bond donors (Lipinski definition) is 3. The van der Waals surface area contributed by atoms with Gasteiger partial charge in [0.05, 0.1) is 26.4 Å². The number of hydrogen-bond acceptors (Lipinski definition) is 15. The number of rotatable bonds is 76. The van der Waals surface area contributed by atoms with Crippen molar-refractivity contribution in [3.63, 3.8) is 0 Å². The molecule has 0 aromatic heterocycles. The van der Waals surface area contributed by atoms with Crippen LogP contribution in [0, 0.1) is 0 Å². The van der Waals surface area contributed by atoms with Crippen molar-refractivity contribution in [3.05, 3.63) is 48.6 Å². The number of carbonyl (C=O) groups is 4. The molecular weight excluding hydrogens is 1280 g/mol. The molecule has 0 aliphatic heterocycles. The third-order valence-electron chi connectivity index (χ3n) is 17.3. The molecule has 0 fully saturated rings. The molecule has 3 unspecified atom stereocenters. The average Bonchev–Trinajstić information content (AvgIpc) is 1.04. The predicted octanol–water partition coefficient (Wildman–Crippen LogP) is 22.9. The molecule has 0 aliphatic rings. The molecule has 17 nitrogen and oxygen atoms in total. The summed E-state index contributed by atoms with van der Waals surface area (Å²) in [5, 5.41) is 10.6. The largest absolute Gasteiger partial charge is 0.472 e. The van der Waals surface area contributed by atoms with Gasteiger partial charge in [-0.05, 0) is 109 Å². The zero-order chi connectivity index (χ0) is 71.8. The van der Waals surface area contributed by atoms with Gasteiger partial charge in [-0.25, -0.2) is 9.13 Å². The lowest BCUT2D eigenvalue weighted by molar-refractivity contribution is -0.161. The molecule has 0 radical (unpaired) electrons. The summed E-state index contributed by atoms with van der Waals surface area (Å²) in [6.07, 6.45) is 69.4. The molecule has 0 aromatic rings. The summed E-state index contributed by atoms with van der Waals surface area (Å²) in [7, 11) is -9.94. The van der Waals surface area contributed by atoms with Crippen LogP contribution in [-0.4, -0.2) is 96.7 Å². The number of aliphatic hydroxyl groups is 1. The van der Waals surface area contributed by atoms with Gasteiger partial charge in [0.1, 0.15) is 19.3 Å². The summed E-state index contributed by atoms with van der Waals surface area (Å²) >= 11 is 0. The first kappa shape index (κ1) is 95.0. The molecule has 0 saturated heterocycles. The Balaban J connectivity index is 5.32. The summed E-state index contributed by atoms with van der Waals surface area (Å²) in [5.74, 6) is -2.17. The maximum Gasteiger partial charge on any atom is 0.472 e. The summed E-state index contributed by atoms with van der Waals surface area (Å²) in [4.78, 5) is 72.9. The third-order valence-corrected chi connectivity index (χ3v) is 19.2. The van der Waals surface area contributed by atoms with Crippen molar-refractivity contribution in [2.75, 3.05) is 39.6 Å². The van der Waals surface area contributed by atoms with E-state index < -0.39 is 97.5 Å². The van der Waals surface area contributed by atoms with E-state index in [0.717, 1.165) is 161 Å². The van der Waals surface area contributed by atoms with Crippen molar-refractivity contribution in [3.8, 4) is 0 Å². The molecule has 0 amide bonds. The van der Waals surface area contributed by atoms with E-state index in [1.54, 1.807) is 0 Å². The van der Waals surface area contributed by atoms with Crippen molar-refractivity contribution >= 4 is 39.5 Å². The molecule has 0 aliphatic carbocycles. The van der Waals surface area contributed by atoms with Crippen molar-refractivity contribution in [2.45, 2.75) is 393 Å². The Kier molecular flexibility index (Phi) is 70.2. The van der Waals surface area contributed by atoms with E-state index in [4.69, 9.17) is 37.0 Å². The fourth-order valence-corrected chi connectivity index (χ4v) is 12.7. The second-order valence-corrected chi connectivity index (χ2v) is 29.9. The standard InChI is InChI=1S/C79H146O17P2/c1-5-9-13-17-21-25-29-33-36-40-43-47-51-55-59-63-76(81)89-69-74(95-78(83)65-61-57-53-49-45-39-32-28-24-20-16-12-8-4)71-93-97(85,86)91-67-73(80)68-92-98(87,88)94-72-75(96-79(84)66-62-58-54-50-46-42-38-35-31-27-23-19-15-11-7-3)70-90-77(82)64-60-56-52-48-44-41-37-34-30-26-22-18-14-10-6-2/h22,26-27,31,33-34,36-37,73-75,80H,5-21,23-25,28-30,32,35,38-72H2,1-4H3,(H,85,86)(H,87,88)/b26-22-,31-27-,36-33-,37-34-/t73?,74-,75-/m1/s1. The molecule has 98 heavy (non-hydrogen) atoms. The van der Waals surface area contributed by atoms with Crippen molar-refractivity contribution in [2.24, 2.45) is 0 Å². The number of carbonyl (C=O) groups excluding carboxylic acids is 4. The highest BCUT2D eigenvalue weighted by atomic mass is 31.2. The van der Waals surface area contributed by atoms with Crippen LogP contribution < -0.4 is 0 Å². The van der Waals surface area contributed by atoms with Crippen LogP contribution in [0.1, 0.15) is 374 Å². The Hall–Kier alpha value is -2.98. The van der Waals surface area contributed by atoms with Crippen LogP contribution in [0.25, 0.3) is 0 Å². The van der Waals surface area contributed by atoms with Crippen LogP contribution in [-0.2, 0) is 65.4 Å². The molecular formula is C79H146O17P2. The molecule has 19 heteroatoms. The SMILES string of the molecule is CCCCC/C=C\C/C=C\CCCCCCCC(=O)OC[C@H](COP(=O)(O)OCC(O)COP(=O)(O)OC[C@@H](COC(=O)CCCCCCC/C=C\CCCCCCCC)OC(=O)CCCCCCCCCCCCCCC)OC(=O)CCCCCCCCC/C=C\CCCCCC. The Labute approximate surface area is 597 Å². The van der Waals surface area contributed by atoms with Crippen LogP contribution in [0.3, 0.4) is 0 Å². The quantitative estimate of drug-likeness (QED) is 0.0169. The third kappa shape index (κ3) is 71.4. The monoisotopic (exact) mass is 1430 g/mol. The Morgan fingerprint density at radius 2 is 0.500 bits per heavy atom. The van der Waals surface area contributed by atoms with E-state index >= 15 is 0 Å². The van der Waals surface area contributed by atoms with Gasteiger partial charge in [0.25, 0.3) is 0 Å². The van der Waals surface area contributed by atoms with E-state index in [1.807, 2.05) is 0 Å². The average molecular weight is 1430 g/mol. The van der Waals surface area contributed by atoms with Gasteiger partial charge in [0, 0.05) is 25.7 Å². The normalized spacial score (nSPS) is 14.2. The Morgan fingerprint density at radius 3 is 0.796 bits per heavy atom. The highest BCUT2D eigenvalue weighted by molar-refractivity contribution is 7.47. The number of allylic oxidation sites excluding steroid dienone is 8. The van der Waals surface area contributed by atoms with Gasteiger partial charge in [0.15, 0.2) is 12.2 Å². The van der Waals surface area contributed by atoms with Crippen LogP contribution in [0.5, 0.6) is 0 Å². The molecule has 3 N–H and O–H groups in total. The fourth-order valence-electron chi connectivity index (χ4n) is 11.1. The van der Waals surface area contributed by atoms with E-state index in [-0.39, 0.29) is 25.7 Å². The van der Waals surface area contributed by atoms with Crippen LogP contribution in [0.4, 0.5) is 0 Å². The summed E-state index contributed by atoms with van der Waals surface area (Å²) in [5.41, 5.74) is 0. The van der Waals surface area contributed by atoms with Crippen LogP contribution in [0.15, 0.2) is 48.6 Å². The van der Waals surface area contributed by atoms with E-state index in [1.165, 1.54) is 135 Å². The van der Waals surface area contributed by atoms with Crippen molar-refractivity contribution < 1.29 is 80.2 Å². The summed E-state index contributed by atoms with van der Waals surface area (Å²) < 4.78 is 68.6. The van der Waals surface area contributed by atoms with Gasteiger partial charge in [-0.15, -0.1) is 0 Å². The zero-order valence-electron chi connectivity index (χ0n) is 62.7. The molecule has 574 valence electrons. The number of aliphatic hydroxyl groups excluding tert-OH is 1. The van der Waals surface area contributed by atoms with E-state index in [0.29, 0.717) is 25.7 Å². The number of ether oxygens (including phenoxy) is 4. The van der Waals surface area contributed by atoms with Crippen LogP contribution in [0.2, 0.25) is 0 Å². The second kappa shape index (κ2) is 72.4. The van der Waals surface area contributed by atoms with Gasteiger partial charge in [-0.2, -0.15) is 0 Å². The molecule has 5 atom stereocenters. The van der Waals surface area contributed by atoms with E-state index in [2.05, 4.69) is 76.3 Å². The number of phosphoric ester groups is 2. The first-order chi connectivity index (χ1) is 47.7. The Bertz CT molecular complexity index is 2050. The minimum Gasteiger partial charge on any atom is -0.462 e. The van der Waals surface area contributed by atoms with Gasteiger partial charge in [-0.3, -0.25) is 37.3 Å². The smallest absolute Gasteiger partial charge is 0.462 e. The molecule has 0 bridgehead atoms. The first-order valence-corrected chi connectivity index (χ1v) is 42.9. The molecule has 0 aromatic carbocycles. The predicted molar refractivity (Wildman–Crippen MR) is 400 cm³/mol. The fraction of sp³-hybridized carbons (Fsp3) is 0.848. The molecule has 0 heterocycles. The van der Waals surface area contributed by atoms with Crippen molar-refractivity contribution in [1.29, 1.82) is 0 Å². The van der Waals surface area contributed by atoms with Gasteiger partial charge >= 0.3 is 39.5 Å². The molecule has 0 rings (SSSR count). The summed E-state index contributed by atoms with van der Waals surface area (Å²) in [6.45, 7) is 4.88. The molecule has 0 spiro atoms. The minimum atomic E-state index is -4.97. The number of unbranched alkanes of at least 4 members (excludes halogenated alkanes) is 42. The second-order valence-electron chi connectivity index (χ2n) is 27.0. The maximum atomic E-state index is 13.1. The zero-order valence-corrected chi connectivity index (χ0v) is 64.5. The van der Waals surface area contributed by atoms with E-state index in [9.17, 15) is 43.2 Å². The van der Waals surface area contributed by atoms with Crippen molar-refractivity contribution in [1.82, 2.24) is 0 Å². The minimum absolute atomic E-state index is 0.0917. The maximum absolute atomic E-state index is 13.1.